The second-order valence-electron chi connectivity index (χ2n) is 14.8. The molecule has 7 rings (SSSR count). The number of fused-ring (bicyclic) bond motifs is 1. The normalized spacial score (nSPS) is 18.1. The van der Waals surface area contributed by atoms with Crippen LogP contribution in [0, 0.1) is 5.82 Å². The highest BCUT2D eigenvalue weighted by atomic mass is 19.1. The fourth-order valence-corrected chi connectivity index (χ4v) is 7.64. The maximum atomic E-state index is 15.0. The van der Waals surface area contributed by atoms with Gasteiger partial charge in [-0.2, -0.15) is 5.10 Å². The first kappa shape index (κ1) is 37.2. The molecule has 3 saturated heterocycles. The number of halogens is 1. The molecule has 3 aliphatic heterocycles. The number of hydrogen-bond donors (Lipinski definition) is 1. The van der Waals surface area contributed by atoms with E-state index in [4.69, 9.17) is 9.47 Å². The molecular weight excluding hydrogens is 691 g/mol. The van der Waals surface area contributed by atoms with Gasteiger partial charge in [-0.25, -0.2) is 14.3 Å². The lowest BCUT2D eigenvalue weighted by molar-refractivity contribution is -0.140. The third-order valence-electron chi connectivity index (χ3n) is 11.0. The van der Waals surface area contributed by atoms with Gasteiger partial charge in [0.25, 0.3) is 11.5 Å². The summed E-state index contributed by atoms with van der Waals surface area (Å²) in [6, 6.07) is 21.3. The van der Waals surface area contributed by atoms with Gasteiger partial charge < -0.3 is 24.2 Å². The van der Waals surface area contributed by atoms with Crippen LogP contribution in [-0.4, -0.2) is 118 Å². The summed E-state index contributed by atoms with van der Waals surface area (Å²) in [5, 5.41) is 7.97. The summed E-state index contributed by atoms with van der Waals surface area (Å²) in [6.07, 6.45) is 3.23. The van der Waals surface area contributed by atoms with Gasteiger partial charge in [0.05, 0.1) is 34.9 Å². The molecule has 0 spiro atoms. The number of amides is 3. The molecule has 284 valence electrons. The molecule has 0 unspecified atom stereocenters. The molecule has 0 bridgehead atoms. The number of piperazine rings is 1. The Morgan fingerprint density at radius 3 is 2.20 bits per heavy atom. The van der Waals surface area contributed by atoms with Crippen molar-refractivity contribution in [2.75, 3.05) is 58.9 Å². The first-order chi connectivity index (χ1) is 26.1. The van der Waals surface area contributed by atoms with Crippen molar-refractivity contribution < 1.29 is 28.2 Å². The average Bonchev–Trinajstić information content (AvgIpc) is 3.20. The maximum Gasteiger partial charge on any atom is 0.410 e. The van der Waals surface area contributed by atoms with Gasteiger partial charge >= 0.3 is 6.09 Å². The SMILES string of the molecule is CC1(OC2CCN(C(=O)OCc3ccccc3)CC2)CCN(CC(=O)N2CCN(C(=O)c3cc(Cc4n[nH]c(=O)c5ccccc45)ccc3F)CC2)CC1. The number of aromatic nitrogens is 2. The molecule has 1 N–H and O–H groups in total. The number of benzene rings is 3. The molecule has 0 aliphatic carbocycles. The van der Waals surface area contributed by atoms with Crippen molar-refractivity contribution >= 4 is 28.7 Å². The van der Waals surface area contributed by atoms with Gasteiger partial charge in [-0.15, -0.1) is 0 Å². The van der Waals surface area contributed by atoms with Gasteiger partial charge in [0.1, 0.15) is 12.4 Å². The van der Waals surface area contributed by atoms with Crippen molar-refractivity contribution in [3.63, 3.8) is 0 Å². The number of H-pyrrole nitrogens is 1. The standard InChI is InChI=1S/C41H47FN6O6/c1-41(54-31-13-17-48(18-14-31)40(52)53-28-29-7-3-2-4-8-29)15-19-45(20-16-41)27-37(49)46-21-23-47(24-22-46)39(51)34-25-30(11-12-35(34)42)26-36-32-9-5-6-10-33(32)38(50)44-43-36/h2-12,25,31H,13-24,26-28H2,1H3,(H,44,50). The Balaban J connectivity index is 0.837. The second-order valence-corrected chi connectivity index (χ2v) is 14.8. The number of rotatable bonds is 9. The number of carbonyl (C=O) groups is 3. The molecule has 4 aromatic rings. The molecule has 12 nitrogen and oxygen atoms in total. The van der Waals surface area contributed by atoms with E-state index in [0.29, 0.717) is 74.3 Å². The van der Waals surface area contributed by atoms with E-state index in [9.17, 15) is 23.6 Å². The zero-order valence-corrected chi connectivity index (χ0v) is 30.7. The number of ether oxygens (including phenoxy) is 2. The van der Waals surface area contributed by atoms with Crippen LogP contribution in [0.25, 0.3) is 10.8 Å². The Kier molecular flexibility index (Phi) is 11.3. The number of carbonyl (C=O) groups excluding carboxylic acids is 3. The van der Waals surface area contributed by atoms with Gasteiger partial charge in [-0.1, -0.05) is 54.6 Å². The Morgan fingerprint density at radius 2 is 1.48 bits per heavy atom. The van der Waals surface area contributed by atoms with E-state index < -0.39 is 11.7 Å². The first-order valence-corrected chi connectivity index (χ1v) is 18.8. The van der Waals surface area contributed by atoms with Gasteiger partial charge in [-0.05, 0) is 61.9 Å². The van der Waals surface area contributed by atoms with Gasteiger partial charge in [0.15, 0.2) is 0 Å². The molecule has 1 aromatic heterocycles. The Bertz CT molecular complexity index is 2020. The highest BCUT2D eigenvalue weighted by molar-refractivity contribution is 5.95. The first-order valence-electron chi connectivity index (χ1n) is 18.8. The predicted octanol–water partition coefficient (Wildman–Crippen LogP) is 4.61. The van der Waals surface area contributed by atoms with Crippen molar-refractivity contribution in [3.8, 4) is 0 Å². The van der Waals surface area contributed by atoms with E-state index in [1.807, 2.05) is 42.5 Å². The summed E-state index contributed by atoms with van der Waals surface area (Å²) in [5.41, 5.74) is 1.70. The summed E-state index contributed by atoms with van der Waals surface area (Å²) < 4.78 is 27.1. The van der Waals surface area contributed by atoms with Crippen LogP contribution in [0.5, 0.6) is 0 Å². The fraction of sp³-hybridized carbons (Fsp3) is 0.439. The number of hydrogen-bond acceptors (Lipinski definition) is 8. The Hall–Kier alpha value is -5.14. The number of piperidine rings is 2. The van der Waals surface area contributed by atoms with Crippen LogP contribution in [0.2, 0.25) is 0 Å². The zero-order valence-electron chi connectivity index (χ0n) is 30.7. The lowest BCUT2D eigenvalue weighted by Gasteiger charge is -2.43. The van der Waals surface area contributed by atoms with E-state index in [-0.39, 0.29) is 41.4 Å². The van der Waals surface area contributed by atoms with Gasteiger partial charge in [-0.3, -0.25) is 19.3 Å². The predicted molar refractivity (Wildman–Crippen MR) is 200 cm³/mol. The topological polar surface area (TPSA) is 128 Å². The van der Waals surface area contributed by atoms with Crippen LogP contribution in [0.3, 0.4) is 0 Å². The molecule has 54 heavy (non-hydrogen) atoms. The van der Waals surface area contributed by atoms with Gasteiger partial charge in [0, 0.05) is 64.2 Å². The third kappa shape index (κ3) is 8.79. The lowest BCUT2D eigenvalue weighted by Crippen LogP contribution is -2.54. The molecule has 3 fully saturated rings. The fourth-order valence-electron chi connectivity index (χ4n) is 7.64. The van der Waals surface area contributed by atoms with E-state index in [0.717, 1.165) is 44.3 Å². The van der Waals surface area contributed by atoms with E-state index >= 15 is 0 Å². The molecule has 3 aliphatic rings. The van der Waals surface area contributed by atoms with Crippen LogP contribution in [0.15, 0.2) is 77.6 Å². The summed E-state index contributed by atoms with van der Waals surface area (Å²) in [7, 11) is 0. The maximum absolute atomic E-state index is 15.0. The summed E-state index contributed by atoms with van der Waals surface area (Å²) in [6.45, 7) is 6.78. The molecule has 3 aromatic carbocycles. The van der Waals surface area contributed by atoms with E-state index in [2.05, 4.69) is 22.0 Å². The van der Waals surface area contributed by atoms with Crippen LogP contribution in [0.4, 0.5) is 9.18 Å². The quantitative estimate of drug-likeness (QED) is 0.264. The number of likely N-dealkylation sites (tertiary alicyclic amines) is 2. The molecule has 0 saturated carbocycles. The largest absolute Gasteiger partial charge is 0.445 e. The Morgan fingerprint density at radius 1 is 0.815 bits per heavy atom. The van der Waals surface area contributed by atoms with Crippen molar-refractivity contribution in [2.45, 2.75) is 57.3 Å². The van der Waals surface area contributed by atoms with Crippen LogP contribution in [0.1, 0.15) is 59.8 Å². The average molecular weight is 739 g/mol. The smallest absolute Gasteiger partial charge is 0.410 e. The highest BCUT2D eigenvalue weighted by Crippen LogP contribution is 2.30. The van der Waals surface area contributed by atoms with Crippen LogP contribution < -0.4 is 5.56 Å². The van der Waals surface area contributed by atoms with E-state index in [1.54, 1.807) is 39.0 Å². The van der Waals surface area contributed by atoms with Crippen molar-refractivity contribution in [2.24, 2.45) is 0 Å². The number of nitrogens with one attached hydrogen (secondary N) is 1. The molecule has 0 atom stereocenters. The zero-order chi connectivity index (χ0) is 37.7. The van der Waals surface area contributed by atoms with Crippen LogP contribution >= 0.6 is 0 Å². The van der Waals surface area contributed by atoms with Crippen molar-refractivity contribution in [1.29, 1.82) is 0 Å². The van der Waals surface area contributed by atoms with Crippen molar-refractivity contribution in [1.82, 2.24) is 29.8 Å². The molecular formula is C41H47FN6O6. The molecule has 0 radical (unpaired) electrons. The Labute approximate surface area is 313 Å². The summed E-state index contributed by atoms with van der Waals surface area (Å²) in [4.78, 5) is 58.9. The van der Waals surface area contributed by atoms with Crippen molar-refractivity contribution in [3.05, 3.63) is 111 Å². The van der Waals surface area contributed by atoms with Crippen LogP contribution in [-0.2, 0) is 27.3 Å². The highest BCUT2D eigenvalue weighted by Gasteiger charge is 2.36. The minimum atomic E-state index is -0.604. The summed E-state index contributed by atoms with van der Waals surface area (Å²) >= 11 is 0. The van der Waals surface area contributed by atoms with Gasteiger partial charge in [0.2, 0.25) is 5.91 Å². The van der Waals surface area contributed by atoms with E-state index in [1.165, 1.54) is 6.07 Å². The monoisotopic (exact) mass is 738 g/mol. The second kappa shape index (κ2) is 16.5. The molecule has 13 heteroatoms. The third-order valence-corrected chi connectivity index (χ3v) is 11.0. The molecule has 3 amide bonds. The molecule has 4 heterocycles. The number of aromatic amines is 1. The minimum Gasteiger partial charge on any atom is -0.445 e. The number of nitrogens with zero attached hydrogens (tertiary/aromatic N) is 5. The lowest BCUT2D eigenvalue weighted by atomic mass is 9.92. The summed E-state index contributed by atoms with van der Waals surface area (Å²) in [5.74, 6) is -0.996. The minimum absolute atomic E-state index is 0.0203.